The van der Waals surface area contributed by atoms with Gasteiger partial charge in [0.15, 0.2) is 0 Å². The van der Waals surface area contributed by atoms with Gasteiger partial charge in [-0.1, -0.05) is 13.8 Å². The summed E-state index contributed by atoms with van der Waals surface area (Å²) < 4.78 is 23.0. The topological polar surface area (TPSA) is 38.8 Å². The van der Waals surface area contributed by atoms with Gasteiger partial charge in [0.05, 0.1) is 13.2 Å². The van der Waals surface area contributed by atoms with Gasteiger partial charge in [-0.05, 0) is 33.9 Å². The van der Waals surface area contributed by atoms with Crippen LogP contribution in [0.3, 0.4) is 0 Å². The van der Waals surface area contributed by atoms with Crippen molar-refractivity contribution in [2.45, 2.75) is 40.4 Å². The van der Waals surface area contributed by atoms with Crippen LogP contribution in [0, 0.1) is 0 Å². The van der Waals surface area contributed by atoms with Crippen LogP contribution in [0.25, 0.3) is 0 Å². The Bertz CT molecular complexity index is 197. The Balaban J connectivity index is 4.66. The SMILES string of the molecule is CCOP(=O)(OCC)C(C)N(CC)CC. The number of hydrogen-bond donors (Lipinski definition) is 0. The van der Waals surface area contributed by atoms with E-state index in [1.54, 1.807) is 0 Å². The van der Waals surface area contributed by atoms with Crippen LogP contribution in [0.1, 0.15) is 34.6 Å². The molecule has 0 bridgehead atoms. The van der Waals surface area contributed by atoms with E-state index >= 15 is 0 Å². The normalized spacial score (nSPS) is 14.5. The molecule has 0 fully saturated rings. The number of rotatable bonds is 8. The van der Waals surface area contributed by atoms with E-state index in [4.69, 9.17) is 9.05 Å². The average molecular weight is 237 g/mol. The zero-order valence-electron chi connectivity index (χ0n) is 10.5. The van der Waals surface area contributed by atoms with Gasteiger partial charge in [0, 0.05) is 0 Å². The zero-order chi connectivity index (χ0) is 11.9. The standard InChI is InChI=1S/C10H24NO3P/c1-6-11(7-2)10(5)15(12,13-8-3)14-9-4/h10H,6-9H2,1-5H3. The van der Waals surface area contributed by atoms with E-state index in [1.807, 2.05) is 34.6 Å². The van der Waals surface area contributed by atoms with Gasteiger partial charge in [-0.3, -0.25) is 9.46 Å². The molecule has 0 N–H and O–H groups in total. The smallest absolute Gasteiger partial charge is 0.308 e. The Hall–Kier alpha value is 0.110. The molecule has 0 aromatic carbocycles. The Kier molecular flexibility index (Phi) is 7.45. The Morgan fingerprint density at radius 3 is 1.73 bits per heavy atom. The second-order valence-electron chi connectivity index (χ2n) is 3.23. The van der Waals surface area contributed by atoms with Crippen molar-refractivity contribution < 1.29 is 13.6 Å². The fourth-order valence-corrected chi connectivity index (χ4v) is 3.52. The quantitative estimate of drug-likeness (QED) is 0.608. The van der Waals surface area contributed by atoms with Crippen molar-refractivity contribution in [3.8, 4) is 0 Å². The summed E-state index contributed by atoms with van der Waals surface area (Å²) in [7, 11) is -2.97. The first-order valence-electron chi connectivity index (χ1n) is 5.68. The Morgan fingerprint density at radius 2 is 1.47 bits per heavy atom. The lowest BCUT2D eigenvalue weighted by Gasteiger charge is -2.31. The van der Waals surface area contributed by atoms with Gasteiger partial charge in [0.2, 0.25) is 0 Å². The third-order valence-corrected chi connectivity index (χ3v) is 4.89. The molecule has 0 amide bonds. The average Bonchev–Trinajstić information content (AvgIpc) is 2.20. The molecule has 0 aliphatic rings. The minimum absolute atomic E-state index is 0.174. The van der Waals surface area contributed by atoms with Gasteiger partial charge in [-0.25, -0.2) is 0 Å². The number of nitrogens with zero attached hydrogens (tertiary/aromatic N) is 1. The van der Waals surface area contributed by atoms with Crippen molar-refractivity contribution in [3.63, 3.8) is 0 Å². The highest BCUT2D eigenvalue weighted by Crippen LogP contribution is 2.53. The van der Waals surface area contributed by atoms with Crippen LogP contribution < -0.4 is 0 Å². The molecule has 0 saturated carbocycles. The first-order chi connectivity index (χ1) is 7.05. The van der Waals surface area contributed by atoms with E-state index in [2.05, 4.69) is 4.90 Å². The van der Waals surface area contributed by atoms with Crippen LogP contribution in [0.15, 0.2) is 0 Å². The molecular weight excluding hydrogens is 213 g/mol. The maximum atomic E-state index is 12.4. The van der Waals surface area contributed by atoms with E-state index in [0.717, 1.165) is 13.1 Å². The summed E-state index contributed by atoms with van der Waals surface area (Å²) in [5.74, 6) is -0.174. The molecule has 0 radical (unpaired) electrons. The van der Waals surface area contributed by atoms with E-state index < -0.39 is 7.60 Å². The molecule has 5 heteroatoms. The lowest BCUT2D eigenvalue weighted by Crippen LogP contribution is -2.33. The summed E-state index contributed by atoms with van der Waals surface area (Å²) in [5, 5.41) is 0. The molecule has 0 spiro atoms. The molecule has 0 aliphatic heterocycles. The lowest BCUT2D eigenvalue weighted by molar-refractivity contribution is 0.174. The monoisotopic (exact) mass is 237 g/mol. The first-order valence-corrected chi connectivity index (χ1v) is 7.29. The molecule has 0 rings (SSSR count). The van der Waals surface area contributed by atoms with Crippen LogP contribution in [0.2, 0.25) is 0 Å². The highest BCUT2D eigenvalue weighted by molar-refractivity contribution is 7.54. The molecule has 1 atom stereocenters. The molecule has 15 heavy (non-hydrogen) atoms. The van der Waals surface area contributed by atoms with Crippen molar-refractivity contribution >= 4 is 7.60 Å². The first kappa shape index (κ1) is 15.1. The molecular formula is C10H24NO3P. The van der Waals surface area contributed by atoms with Crippen molar-refractivity contribution in [1.29, 1.82) is 0 Å². The zero-order valence-corrected chi connectivity index (χ0v) is 11.4. The largest absolute Gasteiger partial charge is 0.347 e. The van der Waals surface area contributed by atoms with Crippen molar-refractivity contribution in [2.24, 2.45) is 0 Å². The van der Waals surface area contributed by atoms with Gasteiger partial charge in [-0.2, -0.15) is 0 Å². The highest BCUT2D eigenvalue weighted by Gasteiger charge is 2.34. The minimum atomic E-state index is -2.97. The second-order valence-corrected chi connectivity index (χ2v) is 5.57. The van der Waals surface area contributed by atoms with Crippen molar-refractivity contribution in [3.05, 3.63) is 0 Å². The summed E-state index contributed by atoms with van der Waals surface area (Å²) in [6.45, 7) is 12.2. The van der Waals surface area contributed by atoms with Gasteiger partial charge in [0.1, 0.15) is 5.78 Å². The minimum Gasteiger partial charge on any atom is -0.308 e. The van der Waals surface area contributed by atoms with Crippen LogP contribution in [0.4, 0.5) is 0 Å². The molecule has 0 aromatic rings. The predicted octanol–water partition coefficient (Wildman–Crippen LogP) is 2.94. The second kappa shape index (κ2) is 7.39. The van der Waals surface area contributed by atoms with E-state index in [0.29, 0.717) is 13.2 Å². The van der Waals surface area contributed by atoms with Gasteiger partial charge in [-0.15, -0.1) is 0 Å². The third-order valence-electron chi connectivity index (χ3n) is 2.42. The molecule has 0 aliphatic carbocycles. The van der Waals surface area contributed by atoms with E-state index in [-0.39, 0.29) is 5.78 Å². The van der Waals surface area contributed by atoms with Gasteiger partial charge in [0.25, 0.3) is 0 Å². The Morgan fingerprint density at radius 1 is 1.07 bits per heavy atom. The Labute approximate surface area is 93.5 Å². The highest BCUT2D eigenvalue weighted by atomic mass is 31.2. The van der Waals surface area contributed by atoms with Gasteiger partial charge < -0.3 is 9.05 Å². The molecule has 0 saturated heterocycles. The lowest BCUT2D eigenvalue weighted by atomic mass is 10.5. The summed E-state index contributed by atoms with van der Waals surface area (Å²) >= 11 is 0. The maximum Gasteiger partial charge on any atom is 0.347 e. The summed E-state index contributed by atoms with van der Waals surface area (Å²) in [6.07, 6.45) is 0. The van der Waals surface area contributed by atoms with Crippen molar-refractivity contribution in [1.82, 2.24) is 4.90 Å². The molecule has 92 valence electrons. The van der Waals surface area contributed by atoms with E-state index in [1.165, 1.54) is 0 Å². The third kappa shape index (κ3) is 4.23. The van der Waals surface area contributed by atoms with Crippen LogP contribution >= 0.6 is 7.60 Å². The van der Waals surface area contributed by atoms with Gasteiger partial charge >= 0.3 is 7.60 Å². The molecule has 0 aromatic heterocycles. The summed E-state index contributed by atoms with van der Waals surface area (Å²) in [4.78, 5) is 2.09. The summed E-state index contributed by atoms with van der Waals surface area (Å²) in [6, 6.07) is 0. The van der Waals surface area contributed by atoms with Crippen LogP contribution in [-0.2, 0) is 13.6 Å². The van der Waals surface area contributed by atoms with Crippen molar-refractivity contribution in [2.75, 3.05) is 26.3 Å². The summed E-state index contributed by atoms with van der Waals surface area (Å²) in [5.41, 5.74) is 0. The van der Waals surface area contributed by atoms with Crippen LogP contribution in [0.5, 0.6) is 0 Å². The fourth-order valence-electron chi connectivity index (χ4n) is 1.56. The van der Waals surface area contributed by atoms with Crippen LogP contribution in [-0.4, -0.2) is 37.0 Å². The van der Waals surface area contributed by atoms with E-state index in [9.17, 15) is 4.57 Å². The predicted molar refractivity (Wildman–Crippen MR) is 63.2 cm³/mol. The number of hydrogen-bond acceptors (Lipinski definition) is 4. The molecule has 0 heterocycles. The maximum absolute atomic E-state index is 12.4. The molecule has 1 unspecified atom stereocenters. The fraction of sp³-hybridized carbons (Fsp3) is 1.00. The molecule has 4 nitrogen and oxygen atoms in total.